The molecule has 3 nitrogen and oxygen atoms in total. The Morgan fingerprint density at radius 3 is 2.80 bits per heavy atom. The van der Waals surface area contributed by atoms with Crippen molar-refractivity contribution in [2.45, 2.75) is 0 Å². The molecule has 0 amide bonds. The van der Waals surface area contributed by atoms with Gasteiger partial charge in [0, 0.05) is 28.4 Å². The predicted octanol–water partition coefficient (Wildman–Crippen LogP) is 3.44. The first kappa shape index (κ1) is 10.7. The lowest BCUT2D eigenvalue weighted by molar-refractivity contribution is 1.05. The second kappa shape index (κ2) is 4.37. The zero-order valence-corrected chi connectivity index (χ0v) is 11.2. The second-order valence-corrected chi connectivity index (χ2v) is 4.74. The molecule has 0 aliphatic rings. The molecule has 0 unspecified atom stereocenters. The molecule has 0 bridgehead atoms. The van der Waals surface area contributed by atoms with Crippen LogP contribution in [0.25, 0.3) is 5.69 Å². The first-order chi connectivity index (χ1) is 7.22. The largest absolute Gasteiger partial charge is 0.358 e. The SMILES string of the molecule is CNc1nccn1-c1ccc(Br)cc1Br. The third-order valence-corrected chi connectivity index (χ3v) is 3.16. The van der Waals surface area contributed by atoms with Crippen LogP contribution < -0.4 is 5.32 Å². The van der Waals surface area contributed by atoms with E-state index in [-0.39, 0.29) is 0 Å². The van der Waals surface area contributed by atoms with E-state index in [1.165, 1.54) is 0 Å². The lowest BCUT2D eigenvalue weighted by Gasteiger charge is -2.09. The Bertz CT molecular complexity index is 479. The maximum absolute atomic E-state index is 4.19. The van der Waals surface area contributed by atoms with Crippen LogP contribution in [0.5, 0.6) is 0 Å². The van der Waals surface area contributed by atoms with Crippen molar-refractivity contribution in [2.75, 3.05) is 12.4 Å². The maximum atomic E-state index is 4.19. The van der Waals surface area contributed by atoms with E-state index in [0.717, 1.165) is 20.6 Å². The van der Waals surface area contributed by atoms with Crippen molar-refractivity contribution in [3.63, 3.8) is 0 Å². The molecule has 78 valence electrons. The van der Waals surface area contributed by atoms with Gasteiger partial charge in [-0.3, -0.25) is 4.57 Å². The van der Waals surface area contributed by atoms with Crippen LogP contribution in [0.1, 0.15) is 0 Å². The van der Waals surface area contributed by atoms with Gasteiger partial charge in [-0.05, 0) is 34.1 Å². The van der Waals surface area contributed by atoms with E-state index >= 15 is 0 Å². The molecule has 0 saturated carbocycles. The van der Waals surface area contributed by atoms with Gasteiger partial charge in [-0.2, -0.15) is 0 Å². The molecular weight excluding hydrogens is 322 g/mol. The summed E-state index contributed by atoms with van der Waals surface area (Å²) < 4.78 is 4.05. The molecule has 0 aliphatic carbocycles. The maximum Gasteiger partial charge on any atom is 0.207 e. The molecule has 15 heavy (non-hydrogen) atoms. The van der Waals surface area contributed by atoms with Crippen LogP contribution in [0, 0.1) is 0 Å². The minimum absolute atomic E-state index is 0.818. The molecule has 1 aromatic heterocycles. The molecule has 1 aromatic carbocycles. The summed E-state index contributed by atoms with van der Waals surface area (Å²) in [6.45, 7) is 0. The van der Waals surface area contributed by atoms with Crippen LogP contribution in [0.2, 0.25) is 0 Å². The number of anilines is 1. The van der Waals surface area contributed by atoms with E-state index < -0.39 is 0 Å². The summed E-state index contributed by atoms with van der Waals surface area (Å²) in [4.78, 5) is 4.19. The number of aromatic nitrogens is 2. The quantitative estimate of drug-likeness (QED) is 0.914. The molecule has 1 heterocycles. The number of nitrogens with one attached hydrogen (secondary N) is 1. The molecular formula is C10H9Br2N3. The molecule has 0 atom stereocenters. The summed E-state index contributed by atoms with van der Waals surface area (Å²) in [7, 11) is 1.85. The summed E-state index contributed by atoms with van der Waals surface area (Å²) in [5.74, 6) is 0.818. The van der Waals surface area contributed by atoms with E-state index in [4.69, 9.17) is 0 Å². The molecule has 0 spiro atoms. The van der Waals surface area contributed by atoms with Crippen LogP contribution in [-0.2, 0) is 0 Å². The minimum atomic E-state index is 0.818. The van der Waals surface area contributed by atoms with Crippen LogP contribution in [0.4, 0.5) is 5.95 Å². The first-order valence-corrected chi connectivity index (χ1v) is 5.97. The molecule has 2 aromatic rings. The Morgan fingerprint density at radius 2 is 2.13 bits per heavy atom. The normalized spacial score (nSPS) is 10.3. The number of imidazole rings is 1. The number of hydrogen-bond acceptors (Lipinski definition) is 2. The van der Waals surface area contributed by atoms with Crippen molar-refractivity contribution < 1.29 is 0 Å². The van der Waals surface area contributed by atoms with Crippen molar-refractivity contribution in [3.05, 3.63) is 39.5 Å². The lowest BCUT2D eigenvalue weighted by Crippen LogP contribution is -2.01. The van der Waals surface area contributed by atoms with Gasteiger partial charge in [0.05, 0.1) is 5.69 Å². The van der Waals surface area contributed by atoms with Crippen LogP contribution >= 0.6 is 31.9 Å². The van der Waals surface area contributed by atoms with Crippen molar-refractivity contribution in [1.29, 1.82) is 0 Å². The van der Waals surface area contributed by atoms with E-state index in [9.17, 15) is 0 Å². The molecule has 5 heteroatoms. The second-order valence-electron chi connectivity index (χ2n) is 2.97. The molecule has 2 rings (SSSR count). The van der Waals surface area contributed by atoms with Crippen LogP contribution in [0.15, 0.2) is 39.5 Å². The Kier molecular flexibility index (Phi) is 3.11. The summed E-state index contributed by atoms with van der Waals surface area (Å²) in [6.07, 6.45) is 3.68. The minimum Gasteiger partial charge on any atom is -0.358 e. The molecule has 0 aliphatic heterocycles. The average molecular weight is 331 g/mol. The van der Waals surface area contributed by atoms with E-state index in [1.807, 2.05) is 36.0 Å². The Hall–Kier alpha value is -0.810. The third-order valence-electron chi connectivity index (χ3n) is 2.03. The topological polar surface area (TPSA) is 29.9 Å². The number of hydrogen-bond donors (Lipinski definition) is 1. The van der Waals surface area contributed by atoms with Gasteiger partial charge in [0.1, 0.15) is 0 Å². The third kappa shape index (κ3) is 2.08. The average Bonchev–Trinajstić information content (AvgIpc) is 2.65. The fraction of sp³-hybridized carbons (Fsp3) is 0.100. The Labute approximate surface area is 105 Å². The highest BCUT2D eigenvalue weighted by Crippen LogP contribution is 2.26. The molecule has 0 fully saturated rings. The number of benzene rings is 1. The van der Waals surface area contributed by atoms with E-state index in [2.05, 4.69) is 42.2 Å². The van der Waals surface area contributed by atoms with Gasteiger partial charge in [-0.25, -0.2) is 4.98 Å². The van der Waals surface area contributed by atoms with Crippen molar-refractivity contribution in [3.8, 4) is 5.69 Å². The van der Waals surface area contributed by atoms with Gasteiger partial charge in [0.15, 0.2) is 0 Å². The Morgan fingerprint density at radius 1 is 1.33 bits per heavy atom. The summed E-state index contributed by atoms with van der Waals surface area (Å²) >= 11 is 6.95. The van der Waals surface area contributed by atoms with Gasteiger partial charge in [0.25, 0.3) is 0 Å². The van der Waals surface area contributed by atoms with Gasteiger partial charge < -0.3 is 5.32 Å². The Balaban J connectivity index is 2.54. The monoisotopic (exact) mass is 329 g/mol. The summed E-state index contributed by atoms with van der Waals surface area (Å²) in [6, 6.07) is 6.03. The van der Waals surface area contributed by atoms with Crippen molar-refractivity contribution in [2.24, 2.45) is 0 Å². The summed E-state index contributed by atoms with van der Waals surface area (Å²) in [5, 5.41) is 3.04. The number of rotatable bonds is 2. The standard InChI is InChI=1S/C10H9Br2N3/c1-13-10-14-4-5-15(10)9-3-2-7(11)6-8(9)12/h2-6H,1H3,(H,13,14). The van der Waals surface area contributed by atoms with Crippen LogP contribution in [-0.4, -0.2) is 16.6 Å². The first-order valence-electron chi connectivity index (χ1n) is 4.39. The van der Waals surface area contributed by atoms with E-state index in [0.29, 0.717) is 0 Å². The van der Waals surface area contributed by atoms with Gasteiger partial charge in [-0.1, -0.05) is 15.9 Å². The predicted molar refractivity (Wildman–Crippen MR) is 68.5 cm³/mol. The van der Waals surface area contributed by atoms with Gasteiger partial charge >= 0.3 is 0 Å². The highest BCUT2D eigenvalue weighted by atomic mass is 79.9. The van der Waals surface area contributed by atoms with E-state index in [1.54, 1.807) is 6.20 Å². The van der Waals surface area contributed by atoms with Gasteiger partial charge in [0.2, 0.25) is 5.95 Å². The van der Waals surface area contributed by atoms with Crippen molar-refractivity contribution >= 4 is 37.8 Å². The zero-order chi connectivity index (χ0) is 10.8. The fourth-order valence-corrected chi connectivity index (χ4v) is 2.60. The van der Waals surface area contributed by atoms with Gasteiger partial charge in [-0.15, -0.1) is 0 Å². The molecule has 0 radical (unpaired) electrons. The number of nitrogens with zero attached hydrogens (tertiary/aromatic N) is 2. The smallest absolute Gasteiger partial charge is 0.207 e. The zero-order valence-electron chi connectivity index (χ0n) is 8.04. The van der Waals surface area contributed by atoms with Crippen molar-refractivity contribution in [1.82, 2.24) is 9.55 Å². The fourth-order valence-electron chi connectivity index (χ4n) is 1.36. The lowest BCUT2D eigenvalue weighted by atomic mass is 10.3. The molecule has 0 saturated heterocycles. The highest BCUT2D eigenvalue weighted by molar-refractivity contribution is 9.11. The summed E-state index contributed by atoms with van der Waals surface area (Å²) in [5.41, 5.74) is 1.06. The molecule has 1 N–H and O–H groups in total. The van der Waals surface area contributed by atoms with Crippen LogP contribution in [0.3, 0.4) is 0 Å². The number of halogens is 2. The highest BCUT2D eigenvalue weighted by Gasteiger charge is 2.06.